The van der Waals surface area contributed by atoms with Crippen molar-refractivity contribution in [3.8, 4) is 11.5 Å². The molecule has 0 bridgehead atoms. The Kier molecular flexibility index (Phi) is 6.47. The van der Waals surface area contributed by atoms with Crippen molar-refractivity contribution in [3.63, 3.8) is 0 Å². The smallest absolute Gasteiger partial charge is 0.227 e. The number of hydrogen-bond acceptors (Lipinski definition) is 4. The number of rotatable bonds is 3. The number of carbonyl (C=O) groups excluding carboxylic acids is 1. The van der Waals surface area contributed by atoms with Gasteiger partial charge in [-0.1, -0.05) is 29.8 Å². The van der Waals surface area contributed by atoms with Crippen LogP contribution in [0.25, 0.3) is 0 Å². The molecule has 0 aromatic heterocycles. The summed E-state index contributed by atoms with van der Waals surface area (Å²) >= 11 is 6.14. The summed E-state index contributed by atoms with van der Waals surface area (Å²) in [5.74, 6) is 1.56. The average Bonchev–Trinajstić information content (AvgIpc) is 2.68. The van der Waals surface area contributed by atoms with E-state index in [0.717, 1.165) is 30.0 Å². The highest BCUT2D eigenvalue weighted by Crippen LogP contribution is 2.31. The maximum atomic E-state index is 13.0. The van der Waals surface area contributed by atoms with Crippen molar-refractivity contribution in [2.45, 2.75) is 12.5 Å². The second-order valence-electron chi connectivity index (χ2n) is 6.52. The van der Waals surface area contributed by atoms with E-state index in [1.54, 1.807) is 0 Å². The summed E-state index contributed by atoms with van der Waals surface area (Å²) in [6.07, 6.45) is 0.341. The molecule has 27 heavy (non-hydrogen) atoms. The van der Waals surface area contributed by atoms with Crippen LogP contribution in [0.3, 0.4) is 0 Å². The van der Waals surface area contributed by atoms with Crippen LogP contribution in [0.4, 0.5) is 0 Å². The van der Waals surface area contributed by atoms with Crippen LogP contribution in [0.2, 0.25) is 5.02 Å². The highest BCUT2D eigenvalue weighted by Gasteiger charge is 2.28. The van der Waals surface area contributed by atoms with Crippen molar-refractivity contribution in [1.29, 1.82) is 0 Å². The first kappa shape index (κ1) is 19.8. The fraction of sp³-hybridized carbons (Fsp3) is 0.350. The quantitative estimate of drug-likeness (QED) is 0.846. The van der Waals surface area contributed by atoms with Gasteiger partial charge in [-0.15, -0.1) is 12.4 Å². The van der Waals surface area contributed by atoms with Gasteiger partial charge in [0, 0.05) is 24.7 Å². The number of amides is 1. The van der Waals surface area contributed by atoms with Crippen molar-refractivity contribution in [2.75, 3.05) is 32.8 Å². The fourth-order valence-corrected chi connectivity index (χ4v) is 3.69. The van der Waals surface area contributed by atoms with Gasteiger partial charge in [0.2, 0.25) is 5.91 Å². The maximum Gasteiger partial charge on any atom is 0.227 e. The first-order valence-corrected chi connectivity index (χ1v) is 9.23. The molecule has 2 aliphatic heterocycles. The van der Waals surface area contributed by atoms with Crippen molar-refractivity contribution < 1.29 is 14.3 Å². The second-order valence-corrected chi connectivity index (χ2v) is 6.95. The number of nitrogens with zero attached hydrogens (tertiary/aromatic N) is 1. The van der Waals surface area contributed by atoms with Gasteiger partial charge in [0.05, 0.1) is 12.5 Å². The molecule has 0 aliphatic carbocycles. The summed E-state index contributed by atoms with van der Waals surface area (Å²) in [5, 5.41) is 4.06. The molecule has 0 radical (unpaired) electrons. The topological polar surface area (TPSA) is 50.8 Å². The molecule has 1 N–H and O–H groups in total. The minimum atomic E-state index is -0.00726. The van der Waals surface area contributed by atoms with E-state index in [9.17, 15) is 4.79 Å². The van der Waals surface area contributed by atoms with E-state index >= 15 is 0 Å². The fourth-order valence-electron chi connectivity index (χ4n) is 3.49. The molecule has 2 heterocycles. The zero-order valence-electron chi connectivity index (χ0n) is 14.8. The molecule has 2 aliphatic rings. The Morgan fingerprint density at radius 3 is 2.78 bits per heavy atom. The van der Waals surface area contributed by atoms with Crippen molar-refractivity contribution in [1.82, 2.24) is 10.2 Å². The first-order chi connectivity index (χ1) is 12.7. The van der Waals surface area contributed by atoms with Crippen LogP contribution in [0.1, 0.15) is 17.2 Å². The van der Waals surface area contributed by atoms with E-state index in [1.165, 1.54) is 0 Å². The molecule has 144 valence electrons. The molecule has 1 unspecified atom stereocenters. The number of piperazine rings is 1. The summed E-state index contributed by atoms with van der Waals surface area (Å²) in [5.41, 5.74) is 1.99. The molecule has 1 fully saturated rings. The van der Waals surface area contributed by atoms with Gasteiger partial charge in [-0.05, 0) is 35.4 Å². The van der Waals surface area contributed by atoms with E-state index in [0.29, 0.717) is 37.0 Å². The molecule has 5 nitrogen and oxygen atoms in total. The Bertz CT molecular complexity index is 816. The summed E-state index contributed by atoms with van der Waals surface area (Å²) in [4.78, 5) is 14.9. The second kappa shape index (κ2) is 8.83. The van der Waals surface area contributed by atoms with E-state index in [4.69, 9.17) is 21.1 Å². The van der Waals surface area contributed by atoms with Gasteiger partial charge in [-0.2, -0.15) is 0 Å². The summed E-state index contributed by atoms with van der Waals surface area (Å²) in [6.45, 7) is 3.31. The van der Waals surface area contributed by atoms with Gasteiger partial charge in [0.15, 0.2) is 11.5 Å². The Labute approximate surface area is 170 Å². The van der Waals surface area contributed by atoms with E-state index in [2.05, 4.69) is 5.32 Å². The third-order valence-corrected chi connectivity index (χ3v) is 4.99. The highest BCUT2D eigenvalue weighted by atomic mass is 35.5. The van der Waals surface area contributed by atoms with E-state index < -0.39 is 0 Å². The van der Waals surface area contributed by atoms with Crippen LogP contribution >= 0.6 is 24.0 Å². The normalized spacial score (nSPS) is 18.6. The van der Waals surface area contributed by atoms with Crippen LogP contribution in [-0.4, -0.2) is 43.7 Å². The van der Waals surface area contributed by atoms with Gasteiger partial charge in [-0.3, -0.25) is 4.79 Å². The molecule has 4 rings (SSSR count). The number of nitrogens with one attached hydrogen (secondary N) is 1. The van der Waals surface area contributed by atoms with Gasteiger partial charge in [-0.25, -0.2) is 0 Å². The van der Waals surface area contributed by atoms with Crippen molar-refractivity contribution in [2.24, 2.45) is 0 Å². The number of ether oxygens (including phenoxy) is 2. The monoisotopic (exact) mass is 408 g/mol. The zero-order valence-corrected chi connectivity index (χ0v) is 16.4. The summed E-state index contributed by atoms with van der Waals surface area (Å²) in [7, 11) is 0. The first-order valence-electron chi connectivity index (χ1n) is 8.85. The van der Waals surface area contributed by atoms with Crippen LogP contribution < -0.4 is 14.8 Å². The van der Waals surface area contributed by atoms with Crippen LogP contribution in [0.15, 0.2) is 42.5 Å². The maximum absolute atomic E-state index is 13.0. The predicted octanol–water partition coefficient (Wildman–Crippen LogP) is 3.25. The summed E-state index contributed by atoms with van der Waals surface area (Å²) in [6, 6.07) is 13.4. The largest absolute Gasteiger partial charge is 0.486 e. The van der Waals surface area contributed by atoms with Crippen LogP contribution in [-0.2, 0) is 11.2 Å². The molecular weight excluding hydrogens is 387 g/mol. The lowest BCUT2D eigenvalue weighted by Gasteiger charge is -2.37. The van der Waals surface area contributed by atoms with Gasteiger partial charge in [0.25, 0.3) is 0 Å². The van der Waals surface area contributed by atoms with E-state index in [1.807, 2.05) is 47.4 Å². The number of carbonyl (C=O) groups is 1. The lowest BCUT2D eigenvalue weighted by Crippen LogP contribution is -2.49. The van der Waals surface area contributed by atoms with Crippen molar-refractivity contribution >= 4 is 29.9 Å². The van der Waals surface area contributed by atoms with Crippen LogP contribution in [0.5, 0.6) is 11.5 Å². The standard InChI is InChI=1S/C20H21ClN2O3.ClH/c21-16-3-1-2-15(12-16)17-13-22-6-7-23(17)20(24)11-14-4-5-18-19(10-14)26-9-8-25-18;/h1-5,10,12,17,22H,6-9,11,13H2;1H. The van der Waals surface area contributed by atoms with Gasteiger partial charge >= 0.3 is 0 Å². The average molecular weight is 409 g/mol. The Balaban J connectivity index is 0.00000210. The number of halogens is 2. The lowest BCUT2D eigenvalue weighted by molar-refractivity contribution is -0.133. The van der Waals surface area contributed by atoms with Crippen molar-refractivity contribution in [3.05, 3.63) is 58.6 Å². The predicted molar refractivity (Wildman–Crippen MR) is 107 cm³/mol. The minimum Gasteiger partial charge on any atom is -0.486 e. The van der Waals surface area contributed by atoms with Gasteiger partial charge < -0.3 is 19.7 Å². The number of hydrogen-bond donors (Lipinski definition) is 1. The molecule has 1 atom stereocenters. The Hall–Kier alpha value is -1.95. The third kappa shape index (κ3) is 4.49. The lowest BCUT2D eigenvalue weighted by atomic mass is 10.0. The molecule has 1 amide bonds. The molecule has 2 aromatic rings. The summed E-state index contributed by atoms with van der Waals surface area (Å²) < 4.78 is 11.2. The highest BCUT2D eigenvalue weighted by molar-refractivity contribution is 6.30. The Morgan fingerprint density at radius 2 is 1.96 bits per heavy atom. The SMILES string of the molecule is Cl.O=C(Cc1ccc2c(c1)OCCO2)N1CCNCC1c1cccc(Cl)c1. The molecule has 2 aromatic carbocycles. The number of benzene rings is 2. The Morgan fingerprint density at radius 1 is 1.15 bits per heavy atom. The van der Waals surface area contributed by atoms with E-state index in [-0.39, 0.29) is 24.4 Å². The molecule has 0 saturated carbocycles. The third-order valence-electron chi connectivity index (χ3n) is 4.76. The molecular formula is C20H22Cl2N2O3. The number of fused-ring (bicyclic) bond motifs is 1. The van der Waals surface area contributed by atoms with Gasteiger partial charge in [0.1, 0.15) is 13.2 Å². The molecule has 1 saturated heterocycles. The van der Waals surface area contributed by atoms with Crippen LogP contribution in [0, 0.1) is 0 Å². The zero-order chi connectivity index (χ0) is 17.9. The molecule has 0 spiro atoms. The molecule has 7 heteroatoms. The minimum absolute atomic E-state index is 0.